The van der Waals surface area contributed by atoms with Gasteiger partial charge in [0.05, 0.1) is 30.2 Å². The van der Waals surface area contributed by atoms with Gasteiger partial charge in [0, 0.05) is 46.7 Å². The van der Waals surface area contributed by atoms with E-state index < -0.39 is 0 Å². The van der Waals surface area contributed by atoms with E-state index in [4.69, 9.17) is 0 Å². The summed E-state index contributed by atoms with van der Waals surface area (Å²) in [5, 5.41) is 13.0. The molecule has 1 amide bonds. The van der Waals surface area contributed by atoms with Crippen LogP contribution in [0, 0.1) is 0 Å². The Morgan fingerprint density at radius 3 is 2.13 bits per heavy atom. The molecule has 0 atom stereocenters. The first kappa shape index (κ1) is 30.6. The van der Waals surface area contributed by atoms with Gasteiger partial charge in [0.1, 0.15) is 5.65 Å². The zero-order valence-corrected chi connectivity index (χ0v) is 25.6. The normalized spacial score (nSPS) is 11.8. The van der Waals surface area contributed by atoms with Gasteiger partial charge in [-0.3, -0.25) is 19.9 Å². The van der Waals surface area contributed by atoms with Gasteiger partial charge in [-0.2, -0.15) is 5.10 Å². The topological polar surface area (TPSA) is 112 Å². The van der Waals surface area contributed by atoms with Crippen LogP contribution in [0.15, 0.2) is 157 Å². The molecule has 0 fully saturated rings. The zero-order valence-electron chi connectivity index (χ0n) is 25.6. The minimum Gasteiger partial charge on any atom is -0.346 e. The van der Waals surface area contributed by atoms with Crippen LogP contribution < -0.4 is 5.32 Å². The van der Waals surface area contributed by atoms with Crippen molar-refractivity contribution in [3.8, 4) is 0 Å². The Balaban J connectivity index is 0.000000103. The average molecular weight is 616 g/mol. The van der Waals surface area contributed by atoms with E-state index in [1.54, 1.807) is 6.20 Å². The van der Waals surface area contributed by atoms with Crippen molar-refractivity contribution in [2.75, 3.05) is 5.32 Å². The Hall–Kier alpha value is -6.41. The van der Waals surface area contributed by atoms with Crippen molar-refractivity contribution < 1.29 is 4.79 Å². The number of nitrogens with zero attached hydrogens (tertiary/aromatic N) is 4. The molecule has 0 unspecified atom stereocenters. The highest BCUT2D eigenvalue weighted by Gasteiger charge is 2.15. The van der Waals surface area contributed by atoms with Crippen LogP contribution in [0.5, 0.6) is 0 Å². The molecule has 0 saturated carbocycles. The molecule has 4 aromatic carbocycles. The number of hydrogen-bond donors (Lipinski definition) is 3. The maximum atomic E-state index is 10.8. The van der Waals surface area contributed by atoms with Crippen molar-refractivity contribution in [1.82, 2.24) is 25.1 Å². The van der Waals surface area contributed by atoms with Gasteiger partial charge in [-0.05, 0) is 59.2 Å². The van der Waals surface area contributed by atoms with Gasteiger partial charge >= 0.3 is 0 Å². The van der Waals surface area contributed by atoms with Gasteiger partial charge in [-0.25, -0.2) is 4.98 Å². The van der Waals surface area contributed by atoms with Crippen LogP contribution in [-0.2, 0) is 17.8 Å². The van der Waals surface area contributed by atoms with E-state index in [1.807, 2.05) is 128 Å². The number of H-pyrrole nitrogens is 2. The summed E-state index contributed by atoms with van der Waals surface area (Å²) in [6.45, 7) is 0.871. The molecule has 0 saturated heterocycles. The predicted octanol–water partition coefficient (Wildman–Crippen LogP) is 8.16. The molecule has 8 aromatic rings. The van der Waals surface area contributed by atoms with E-state index >= 15 is 0 Å². The van der Waals surface area contributed by atoms with Crippen LogP contribution in [-0.4, -0.2) is 37.3 Å². The van der Waals surface area contributed by atoms with Crippen LogP contribution in [0.3, 0.4) is 0 Å². The number of aliphatic imine (C=N–C) groups is 1. The van der Waals surface area contributed by atoms with Crippen molar-refractivity contribution >= 4 is 50.6 Å². The number of carbonyl (C=O) groups excluding carboxylic acids is 1. The lowest BCUT2D eigenvalue weighted by Crippen LogP contribution is -2.03. The highest BCUT2D eigenvalue weighted by molar-refractivity contribution is 5.99. The summed E-state index contributed by atoms with van der Waals surface area (Å²) >= 11 is 0. The fraction of sp³-hybridized carbons (Fsp3) is 0.0513. The molecule has 0 spiro atoms. The fourth-order valence-electron chi connectivity index (χ4n) is 4.99. The van der Waals surface area contributed by atoms with E-state index in [0.29, 0.717) is 6.42 Å². The third-order valence-corrected chi connectivity index (χ3v) is 7.37. The number of aromatic nitrogens is 5. The Bertz CT molecular complexity index is 2020. The molecule has 230 valence electrons. The molecule has 2 aliphatic rings. The predicted molar refractivity (Wildman–Crippen MR) is 190 cm³/mol. The average Bonchev–Trinajstić information content (AvgIpc) is 3.95. The van der Waals surface area contributed by atoms with E-state index in [2.05, 4.69) is 59.7 Å². The Morgan fingerprint density at radius 2 is 1.32 bits per heavy atom. The molecule has 0 radical (unpaired) electrons. The van der Waals surface area contributed by atoms with Crippen molar-refractivity contribution in [2.45, 2.75) is 13.0 Å². The number of carbonyl (C=O) groups is 1. The summed E-state index contributed by atoms with van der Waals surface area (Å²) in [5.41, 5.74) is 7.80. The van der Waals surface area contributed by atoms with Crippen molar-refractivity contribution in [3.63, 3.8) is 0 Å². The zero-order chi connectivity index (χ0) is 32.1. The first-order valence-electron chi connectivity index (χ1n) is 15.2. The number of aromatic amines is 2. The van der Waals surface area contributed by atoms with Crippen LogP contribution in [0.2, 0.25) is 0 Å². The number of hydrogen-bond acceptors (Lipinski definition) is 5. The number of fused-ring (bicyclic) bond motifs is 5. The van der Waals surface area contributed by atoms with Gasteiger partial charge in [0.2, 0.25) is 5.91 Å². The first-order chi connectivity index (χ1) is 23.2. The number of anilines is 1. The number of amides is 1. The molecular formula is C39H33N7O. The standard InChI is InChI=1S/C9H7N.C8H7NO.C8H7N.2C7H6N2/c1-2-6-9-8(4-1)5-3-7-10-9;10-8-5-6-3-1-2-4-7(6)9-8;1-2-4-8-6-9-5-7(8)3-1;1-2-6-3-5-9-7(6)8-4-1;1-2-4-7-6(3-1)5-8-9-7/h1-7H;1-4H,5H2,(H,9,10);1-5H,6H2;2*1-5H,(H,8,9). The monoisotopic (exact) mass is 615 g/mol. The summed E-state index contributed by atoms with van der Waals surface area (Å²) in [6, 6.07) is 42.1. The number of pyridine rings is 2. The van der Waals surface area contributed by atoms with Crippen LogP contribution in [0.1, 0.15) is 16.7 Å². The number of nitrogens with one attached hydrogen (secondary N) is 3. The minimum atomic E-state index is 0.0983. The second-order valence-corrected chi connectivity index (χ2v) is 10.6. The Kier molecular flexibility index (Phi) is 10.1. The lowest BCUT2D eigenvalue weighted by molar-refractivity contribution is -0.115. The number of rotatable bonds is 0. The van der Waals surface area contributed by atoms with E-state index in [-0.39, 0.29) is 5.91 Å². The van der Waals surface area contributed by atoms with Crippen LogP contribution >= 0.6 is 0 Å². The summed E-state index contributed by atoms with van der Waals surface area (Å²) in [4.78, 5) is 26.2. The van der Waals surface area contributed by atoms with E-state index in [0.717, 1.165) is 45.2 Å². The maximum absolute atomic E-state index is 10.8. The van der Waals surface area contributed by atoms with Gasteiger partial charge < -0.3 is 10.3 Å². The SMILES string of the molecule is C1=NCc2ccccc21.O=C1Cc2ccccc2N1.c1ccc2[nH]ncc2c1.c1ccc2ncccc2c1.c1cnc2[nH]ccc2c1. The van der Waals surface area contributed by atoms with Gasteiger partial charge in [0.25, 0.3) is 0 Å². The Labute approximate surface area is 272 Å². The molecule has 2 aliphatic heterocycles. The van der Waals surface area contributed by atoms with Crippen LogP contribution in [0.25, 0.3) is 32.8 Å². The third-order valence-electron chi connectivity index (χ3n) is 7.37. The van der Waals surface area contributed by atoms with Crippen molar-refractivity contribution in [2.24, 2.45) is 4.99 Å². The second kappa shape index (κ2) is 15.5. The molecule has 0 aliphatic carbocycles. The molecule has 8 nitrogen and oxygen atoms in total. The molecule has 8 heteroatoms. The molecule has 0 bridgehead atoms. The maximum Gasteiger partial charge on any atom is 0.228 e. The Morgan fingerprint density at radius 1 is 0.617 bits per heavy atom. The van der Waals surface area contributed by atoms with Crippen LogP contribution in [0.4, 0.5) is 5.69 Å². The summed E-state index contributed by atoms with van der Waals surface area (Å²) < 4.78 is 0. The molecule has 10 rings (SSSR count). The summed E-state index contributed by atoms with van der Waals surface area (Å²) in [5.74, 6) is 0.0983. The number of para-hydroxylation sites is 3. The summed E-state index contributed by atoms with van der Waals surface area (Å²) in [6.07, 6.45) is 9.75. The quantitative estimate of drug-likeness (QED) is 0.160. The van der Waals surface area contributed by atoms with Gasteiger partial charge in [-0.1, -0.05) is 84.9 Å². The highest BCUT2D eigenvalue weighted by Crippen LogP contribution is 2.21. The van der Waals surface area contributed by atoms with Gasteiger partial charge in [0.15, 0.2) is 0 Å². The minimum absolute atomic E-state index is 0.0983. The van der Waals surface area contributed by atoms with Gasteiger partial charge in [-0.15, -0.1) is 0 Å². The summed E-state index contributed by atoms with van der Waals surface area (Å²) in [7, 11) is 0. The fourth-order valence-corrected chi connectivity index (χ4v) is 4.99. The highest BCUT2D eigenvalue weighted by atomic mass is 16.1. The third kappa shape index (κ3) is 8.40. The van der Waals surface area contributed by atoms with E-state index in [9.17, 15) is 4.79 Å². The smallest absolute Gasteiger partial charge is 0.228 e. The largest absolute Gasteiger partial charge is 0.346 e. The van der Waals surface area contributed by atoms with Crippen molar-refractivity contribution in [1.29, 1.82) is 0 Å². The second-order valence-electron chi connectivity index (χ2n) is 10.6. The molecule has 4 aromatic heterocycles. The molecular weight excluding hydrogens is 582 g/mol. The molecule has 3 N–H and O–H groups in total. The number of benzene rings is 4. The van der Waals surface area contributed by atoms with Crippen molar-refractivity contribution in [3.05, 3.63) is 169 Å². The lowest BCUT2D eigenvalue weighted by atomic mass is 10.1. The van der Waals surface area contributed by atoms with E-state index in [1.165, 1.54) is 16.5 Å². The lowest BCUT2D eigenvalue weighted by Gasteiger charge is -1.93. The molecule has 47 heavy (non-hydrogen) atoms. The molecule has 6 heterocycles. The first-order valence-corrected chi connectivity index (χ1v) is 15.2.